The van der Waals surface area contributed by atoms with Crippen molar-refractivity contribution in [2.75, 3.05) is 25.1 Å². The van der Waals surface area contributed by atoms with Gasteiger partial charge in [0.1, 0.15) is 12.4 Å². The molecule has 82 valence electrons. The number of carbonyl (C=O) groups excluding carboxylic acids is 1. The van der Waals surface area contributed by atoms with Gasteiger partial charge < -0.3 is 14.8 Å². The first-order chi connectivity index (χ1) is 7.36. The van der Waals surface area contributed by atoms with E-state index in [-0.39, 0.29) is 0 Å². The molecule has 0 atom stereocenters. The molecule has 1 aromatic rings. The van der Waals surface area contributed by atoms with E-state index in [2.05, 4.69) is 5.32 Å². The first kappa shape index (κ1) is 11.5. The SMILES string of the molecule is CCOCCOc1cccc(NC=O)c1. The van der Waals surface area contributed by atoms with Crippen molar-refractivity contribution in [1.29, 1.82) is 0 Å². The standard InChI is InChI=1S/C11H15NO3/c1-2-14-6-7-15-11-5-3-4-10(8-11)12-9-13/h3-5,8-9H,2,6-7H2,1H3,(H,12,13). The fraction of sp³-hybridized carbons (Fsp3) is 0.364. The highest BCUT2D eigenvalue weighted by atomic mass is 16.5. The van der Waals surface area contributed by atoms with Crippen LogP contribution >= 0.6 is 0 Å². The smallest absolute Gasteiger partial charge is 0.211 e. The zero-order chi connectivity index (χ0) is 10.9. The van der Waals surface area contributed by atoms with Gasteiger partial charge in [-0.05, 0) is 19.1 Å². The van der Waals surface area contributed by atoms with Crippen molar-refractivity contribution in [2.24, 2.45) is 0 Å². The molecule has 1 amide bonds. The van der Waals surface area contributed by atoms with E-state index in [1.165, 1.54) is 0 Å². The predicted molar refractivity (Wildman–Crippen MR) is 58.1 cm³/mol. The van der Waals surface area contributed by atoms with Crippen LogP contribution in [0.5, 0.6) is 5.75 Å². The van der Waals surface area contributed by atoms with Crippen molar-refractivity contribution in [3.8, 4) is 5.75 Å². The minimum Gasteiger partial charge on any atom is -0.491 e. The summed E-state index contributed by atoms with van der Waals surface area (Å²) in [5.41, 5.74) is 0.721. The summed E-state index contributed by atoms with van der Waals surface area (Å²) in [5, 5.41) is 2.56. The summed E-state index contributed by atoms with van der Waals surface area (Å²) in [5.74, 6) is 0.724. The molecule has 0 bridgehead atoms. The molecule has 0 aliphatic rings. The summed E-state index contributed by atoms with van der Waals surface area (Å²) < 4.78 is 10.6. The Morgan fingerprint density at radius 3 is 3.00 bits per heavy atom. The highest BCUT2D eigenvalue weighted by Gasteiger charge is 1.95. The van der Waals surface area contributed by atoms with E-state index in [1.807, 2.05) is 19.1 Å². The molecular formula is C11H15NO3. The van der Waals surface area contributed by atoms with Crippen LogP contribution in [0.15, 0.2) is 24.3 Å². The topological polar surface area (TPSA) is 47.6 Å². The van der Waals surface area contributed by atoms with Gasteiger partial charge in [0.05, 0.1) is 6.61 Å². The lowest BCUT2D eigenvalue weighted by Gasteiger charge is -2.07. The molecule has 0 saturated heterocycles. The Kier molecular flexibility index (Phi) is 5.25. The van der Waals surface area contributed by atoms with Crippen LogP contribution in [-0.2, 0) is 9.53 Å². The van der Waals surface area contributed by atoms with E-state index in [0.717, 1.165) is 11.4 Å². The molecule has 0 aliphatic heterocycles. The van der Waals surface area contributed by atoms with Crippen LogP contribution in [0, 0.1) is 0 Å². The number of rotatable bonds is 7. The molecule has 0 spiro atoms. The molecule has 0 heterocycles. The first-order valence-electron chi connectivity index (χ1n) is 4.87. The Morgan fingerprint density at radius 1 is 1.40 bits per heavy atom. The van der Waals surface area contributed by atoms with Crippen LogP contribution in [0.2, 0.25) is 0 Å². The van der Waals surface area contributed by atoms with E-state index in [1.54, 1.807) is 12.1 Å². The molecule has 0 saturated carbocycles. The fourth-order valence-corrected chi connectivity index (χ4v) is 1.11. The zero-order valence-electron chi connectivity index (χ0n) is 8.73. The van der Waals surface area contributed by atoms with Gasteiger partial charge in [0.15, 0.2) is 0 Å². The number of carbonyl (C=O) groups is 1. The highest BCUT2D eigenvalue weighted by Crippen LogP contribution is 2.16. The van der Waals surface area contributed by atoms with Crippen LogP contribution < -0.4 is 10.1 Å². The number of amides is 1. The lowest BCUT2D eigenvalue weighted by Crippen LogP contribution is -2.06. The minimum absolute atomic E-state index is 0.512. The second kappa shape index (κ2) is 6.84. The van der Waals surface area contributed by atoms with E-state index >= 15 is 0 Å². The number of hydrogen-bond donors (Lipinski definition) is 1. The lowest BCUT2D eigenvalue weighted by atomic mass is 10.3. The van der Waals surface area contributed by atoms with E-state index < -0.39 is 0 Å². The van der Waals surface area contributed by atoms with Crippen LogP contribution in [0.1, 0.15) is 6.92 Å². The Morgan fingerprint density at radius 2 is 2.27 bits per heavy atom. The molecule has 4 nitrogen and oxygen atoms in total. The molecule has 0 fully saturated rings. The van der Waals surface area contributed by atoms with Crippen LogP contribution in [0.25, 0.3) is 0 Å². The average molecular weight is 209 g/mol. The van der Waals surface area contributed by atoms with Crippen LogP contribution in [0.3, 0.4) is 0 Å². The summed E-state index contributed by atoms with van der Waals surface area (Å²) in [6.07, 6.45) is 0.638. The fourth-order valence-electron chi connectivity index (χ4n) is 1.11. The Bertz CT molecular complexity index is 302. The maximum atomic E-state index is 10.2. The van der Waals surface area contributed by atoms with Crippen LogP contribution in [0.4, 0.5) is 5.69 Å². The molecule has 1 rings (SSSR count). The maximum absolute atomic E-state index is 10.2. The van der Waals surface area contributed by atoms with Crippen molar-refractivity contribution < 1.29 is 14.3 Å². The van der Waals surface area contributed by atoms with Gasteiger partial charge in [0, 0.05) is 18.4 Å². The Labute approximate surface area is 89.2 Å². The molecule has 4 heteroatoms. The average Bonchev–Trinajstić information content (AvgIpc) is 2.26. The maximum Gasteiger partial charge on any atom is 0.211 e. The van der Waals surface area contributed by atoms with Gasteiger partial charge in [-0.25, -0.2) is 0 Å². The van der Waals surface area contributed by atoms with Crippen molar-refractivity contribution in [2.45, 2.75) is 6.92 Å². The van der Waals surface area contributed by atoms with Crippen molar-refractivity contribution in [1.82, 2.24) is 0 Å². The summed E-state index contributed by atoms with van der Waals surface area (Å²) in [4.78, 5) is 10.2. The van der Waals surface area contributed by atoms with Crippen molar-refractivity contribution >= 4 is 12.1 Å². The van der Waals surface area contributed by atoms with Crippen molar-refractivity contribution in [3.63, 3.8) is 0 Å². The zero-order valence-corrected chi connectivity index (χ0v) is 8.73. The first-order valence-corrected chi connectivity index (χ1v) is 4.87. The molecule has 0 aliphatic carbocycles. The summed E-state index contributed by atoms with van der Waals surface area (Å²) in [6, 6.07) is 7.22. The minimum atomic E-state index is 0.512. The van der Waals surface area contributed by atoms with Gasteiger partial charge in [0.25, 0.3) is 0 Å². The lowest BCUT2D eigenvalue weighted by molar-refractivity contribution is -0.105. The van der Waals surface area contributed by atoms with Gasteiger partial charge in [-0.1, -0.05) is 6.07 Å². The third-order valence-electron chi connectivity index (χ3n) is 1.76. The quantitative estimate of drug-likeness (QED) is 0.549. The summed E-state index contributed by atoms with van der Waals surface area (Å²) >= 11 is 0. The van der Waals surface area contributed by atoms with E-state index in [0.29, 0.717) is 26.2 Å². The largest absolute Gasteiger partial charge is 0.491 e. The number of hydrogen-bond acceptors (Lipinski definition) is 3. The van der Waals surface area contributed by atoms with Gasteiger partial charge in [0.2, 0.25) is 6.41 Å². The van der Waals surface area contributed by atoms with Crippen molar-refractivity contribution in [3.05, 3.63) is 24.3 Å². The predicted octanol–water partition coefficient (Wildman–Crippen LogP) is 1.67. The van der Waals surface area contributed by atoms with Gasteiger partial charge in [-0.15, -0.1) is 0 Å². The Hall–Kier alpha value is -1.55. The number of benzene rings is 1. The van der Waals surface area contributed by atoms with Gasteiger partial charge >= 0.3 is 0 Å². The summed E-state index contributed by atoms with van der Waals surface area (Å²) in [7, 11) is 0. The van der Waals surface area contributed by atoms with Gasteiger partial charge in [-0.3, -0.25) is 4.79 Å². The molecule has 15 heavy (non-hydrogen) atoms. The second-order valence-corrected chi connectivity index (χ2v) is 2.84. The number of anilines is 1. The monoisotopic (exact) mass is 209 g/mol. The second-order valence-electron chi connectivity index (χ2n) is 2.84. The highest BCUT2D eigenvalue weighted by molar-refractivity contribution is 5.71. The Balaban J connectivity index is 2.39. The normalized spacial score (nSPS) is 9.67. The molecule has 1 aromatic carbocycles. The third-order valence-corrected chi connectivity index (χ3v) is 1.76. The molecule has 0 radical (unpaired) electrons. The van der Waals surface area contributed by atoms with E-state index in [4.69, 9.17) is 9.47 Å². The summed E-state index contributed by atoms with van der Waals surface area (Å²) in [6.45, 7) is 3.71. The molecule has 0 unspecified atom stereocenters. The molecular weight excluding hydrogens is 194 g/mol. The third kappa shape index (κ3) is 4.46. The number of ether oxygens (including phenoxy) is 2. The van der Waals surface area contributed by atoms with Crippen LogP contribution in [-0.4, -0.2) is 26.2 Å². The molecule has 0 aromatic heterocycles. The molecule has 1 N–H and O–H groups in total. The van der Waals surface area contributed by atoms with E-state index in [9.17, 15) is 4.79 Å². The number of nitrogens with one attached hydrogen (secondary N) is 1. The van der Waals surface area contributed by atoms with Gasteiger partial charge in [-0.2, -0.15) is 0 Å².